The van der Waals surface area contributed by atoms with Gasteiger partial charge in [0.15, 0.2) is 0 Å². The van der Waals surface area contributed by atoms with Crippen LogP contribution in [0.2, 0.25) is 0 Å². The third-order valence-electron chi connectivity index (χ3n) is 3.56. The fourth-order valence-electron chi connectivity index (χ4n) is 2.31. The van der Waals surface area contributed by atoms with Gasteiger partial charge in [0, 0.05) is 14.1 Å². The van der Waals surface area contributed by atoms with Gasteiger partial charge in [-0.1, -0.05) is 30.3 Å². The monoisotopic (exact) mass is 254 g/mol. The molecule has 1 heterocycles. The van der Waals surface area contributed by atoms with Crippen molar-refractivity contribution in [3.05, 3.63) is 35.9 Å². The molecule has 0 spiro atoms. The number of carbonyl (C=O) groups excluding carboxylic acids is 1. The molecule has 1 fully saturated rings. The quantitative estimate of drug-likeness (QED) is 0.795. The minimum absolute atomic E-state index is 0. The second kappa shape index (κ2) is 5.41. The molecule has 17 heavy (non-hydrogen) atoms. The van der Waals surface area contributed by atoms with Crippen LogP contribution < -0.4 is 0 Å². The summed E-state index contributed by atoms with van der Waals surface area (Å²) in [5.74, 6) is 0. The van der Waals surface area contributed by atoms with E-state index in [4.69, 9.17) is 0 Å². The highest BCUT2D eigenvalue weighted by Gasteiger charge is 2.38. The Balaban J connectivity index is 0.00000144. The Morgan fingerprint density at radius 3 is 2.18 bits per heavy atom. The average molecular weight is 255 g/mol. The van der Waals surface area contributed by atoms with Crippen molar-refractivity contribution in [2.24, 2.45) is 0 Å². The fourth-order valence-corrected chi connectivity index (χ4v) is 2.31. The summed E-state index contributed by atoms with van der Waals surface area (Å²) in [4.78, 5) is 15.4. The van der Waals surface area contributed by atoms with Gasteiger partial charge in [-0.15, -0.1) is 12.4 Å². The molecular weight excluding hydrogens is 236 g/mol. The zero-order chi connectivity index (χ0) is 11.7. The van der Waals surface area contributed by atoms with Crippen LogP contribution in [0, 0.1) is 0 Å². The third-order valence-corrected chi connectivity index (χ3v) is 3.56. The van der Waals surface area contributed by atoms with E-state index in [2.05, 4.69) is 19.1 Å². The standard InChI is InChI=1S/C13H18N2O.ClH/c1-10-12(15(3)13(16)14(10)2)9-11-7-5-4-6-8-11;/h4-8,10,12H,9H2,1-3H3;1H/t10?,12-;/m0./s1. The van der Waals surface area contributed by atoms with Crippen LogP contribution in [0.1, 0.15) is 12.5 Å². The van der Waals surface area contributed by atoms with Crippen molar-refractivity contribution in [2.75, 3.05) is 14.1 Å². The Morgan fingerprint density at radius 2 is 1.71 bits per heavy atom. The first kappa shape index (κ1) is 13.8. The molecule has 94 valence electrons. The van der Waals surface area contributed by atoms with Crippen molar-refractivity contribution in [3.8, 4) is 0 Å². The molecule has 1 aromatic rings. The van der Waals surface area contributed by atoms with Gasteiger partial charge in [-0.25, -0.2) is 4.79 Å². The number of rotatable bonds is 2. The van der Waals surface area contributed by atoms with E-state index in [-0.39, 0.29) is 30.5 Å². The lowest BCUT2D eigenvalue weighted by atomic mass is 10.0. The number of halogens is 1. The van der Waals surface area contributed by atoms with Crippen molar-refractivity contribution in [3.63, 3.8) is 0 Å². The molecule has 0 aromatic heterocycles. The molecule has 4 heteroatoms. The number of amides is 2. The number of carbonyl (C=O) groups is 1. The molecular formula is C13H19ClN2O. The summed E-state index contributed by atoms with van der Waals surface area (Å²) in [6, 6.07) is 11.0. The Bertz CT molecular complexity index is 382. The summed E-state index contributed by atoms with van der Waals surface area (Å²) in [5.41, 5.74) is 1.29. The summed E-state index contributed by atoms with van der Waals surface area (Å²) >= 11 is 0. The minimum Gasteiger partial charge on any atom is -0.323 e. The third kappa shape index (κ3) is 2.55. The molecule has 2 atom stereocenters. The molecule has 0 N–H and O–H groups in total. The Kier molecular flexibility index (Phi) is 4.40. The van der Waals surface area contributed by atoms with Crippen molar-refractivity contribution < 1.29 is 4.79 Å². The second-order valence-electron chi connectivity index (χ2n) is 4.50. The smallest absolute Gasteiger partial charge is 0.320 e. The number of hydrogen-bond donors (Lipinski definition) is 0. The van der Waals surface area contributed by atoms with Crippen LogP contribution in [-0.4, -0.2) is 42.0 Å². The van der Waals surface area contributed by atoms with Crippen LogP contribution in [0.5, 0.6) is 0 Å². The lowest BCUT2D eigenvalue weighted by Gasteiger charge is -2.21. The lowest BCUT2D eigenvalue weighted by molar-refractivity contribution is 0.200. The van der Waals surface area contributed by atoms with E-state index in [9.17, 15) is 4.79 Å². The molecule has 1 unspecified atom stereocenters. The van der Waals surface area contributed by atoms with Crippen molar-refractivity contribution in [1.29, 1.82) is 0 Å². The summed E-state index contributed by atoms with van der Waals surface area (Å²) in [5, 5.41) is 0. The number of urea groups is 1. The van der Waals surface area contributed by atoms with Crippen molar-refractivity contribution in [2.45, 2.75) is 25.4 Å². The molecule has 0 aliphatic carbocycles. The van der Waals surface area contributed by atoms with Gasteiger partial charge in [-0.3, -0.25) is 0 Å². The molecule has 0 saturated carbocycles. The fraction of sp³-hybridized carbons (Fsp3) is 0.462. The second-order valence-corrected chi connectivity index (χ2v) is 4.50. The maximum atomic E-state index is 11.8. The summed E-state index contributed by atoms with van der Waals surface area (Å²) in [7, 11) is 3.75. The van der Waals surface area contributed by atoms with Crippen molar-refractivity contribution >= 4 is 18.4 Å². The highest BCUT2D eigenvalue weighted by atomic mass is 35.5. The minimum atomic E-state index is 0. The van der Waals surface area contributed by atoms with E-state index in [1.165, 1.54) is 5.56 Å². The molecule has 1 aliphatic heterocycles. The maximum Gasteiger partial charge on any atom is 0.320 e. The highest BCUT2D eigenvalue weighted by Crippen LogP contribution is 2.22. The van der Waals surface area contributed by atoms with Crippen LogP contribution >= 0.6 is 12.4 Å². The molecule has 0 bridgehead atoms. The maximum absolute atomic E-state index is 11.8. The van der Waals surface area contributed by atoms with Crippen LogP contribution in [0.4, 0.5) is 4.79 Å². The van der Waals surface area contributed by atoms with Crippen LogP contribution in [0.15, 0.2) is 30.3 Å². The largest absolute Gasteiger partial charge is 0.323 e. The number of hydrogen-bond acceptors (Lipinski definition) is 1. The Labute approximate surface area is 109 Å². The molecule has 3 nitrogen and oxygen atoms in total. The predicted molar refractivity (Wildman–Crippen MR) is 71.6 cm³/mol. The SMILES string of the molecule is CC1[C@H](Cc2ccccc2)N(C)C(=O)N1C.Cl. The zero-order valence-electron chi connectivity index (χ0n) is 10.5. The van der Waals surface area contributed by atoms with E-state index in [0.717, 1.165) is 6.42 Å². The van der Waals surface area contributed by atoms with Gasteiger partial charge in [-0.2, -0.15) is 0 Å². The summed E-state index contributed by atoms with van der Waals surface area (Å²) in [6.45, 7) is 2.11. The van der Waals surface area contributed by atoms with Gasteiger partial charge in [0.1, 0.15) is 0 Å². The summed E-state index contributed by atoms with van der Waals surface area (Å²) in [6.07, 6.45) is 0.925. The Hall–Kier alpha value is -1.22. The number of nitrogens with zero attached hydrogens (tertiary/aromatic N) is 2. The molecule has 2 amide bonds. The first-order chi connectivity index (χ1) is 7.61. The average Bonchev–Trinajstić information content (AvgIpc) is 2.48. The Morgan fingerprint density at radius 1 is 1.12 bits per heavy atom. The number of benzene rings is 1. The van der Waals surface area contributed by atoms with Crippen LogP contribution in [0.25, 0.3) is 0 Å². The van der Waals surface area contributed by atoms with E-state index in [1.807, 2.05) is 42.1 Å². The molecule has 1 saturated heterocycles. The van der Waals surface area contributed by atoms with E-state index in [1.54, 1.807) is 0 Å². The van der Waals surface area contributed by atoms with Crippen LogP contribution in [0.3, 0.4) is 0 Å². The van der Waals surface area contributed by atoms with Gasteiger partial charge in [0.05, 0.1) is 12.1 Å². The zero-order valence-corrected chi connectivity index (χ0v) is 11.3. The molecule has 2 rings (SSSR count). The van der Waals surface area contributed by atoms with Crippen molar-refractivity contribution in [1.82, 2.24) is 9.80 Å². The van der Waals surface area contributed by atoms with Crippen LogP contribution in [-0.2, 0) is 6.42 Å². The predicted octanol–water partition coefficient (Wildman–Crippen LogP) is 2.41. The van der Waals surface area contributed by atoms with E-state index < -0.39 is 0 Å². The van der Waals surface area contributed by atoms with E-state index in [0.29, 0.717) is 0 Å². The van der Waals surface area contributed by atoms with Gasteiger partial charge in [0.25, 0.3) is 0 Å². The van der Waals surface area contributed by atoms with Gasteiger partial charge in [-0.05, 0) is 18.9 Å². The topological polar surface area (TPSA) is 23.6 Å². The van der Waals surface area contributed by atoms with Gasteiger partial charge < -0.3 is 9.80 Å². The lowest BCUT2D eigenvalue weighted by Crippen LogP contribution is -2.34. The summed E-state index contributed by atoms with van der Waals surface area (Å²) < 4.78 is 0. The molecule has 1 aromatic carbocycles. The first-order valence-corrected chi connectivity index (χ1v) is 5.65. The van der Waals surface area contributed by atoms with Gasteiger partial charge in [0.2, 0.25) is 0 Å². The highest BCUT2D eigenvalue weighted by molar-refractivity contribution is 5.85. The van der Waals surface area contributed by atoms with E-state index >= 15 is 0 Å². The molecule has 0 radical (unpaired) electrons. The normalized spacial score (nSPS) is 23.8. The number of likely N-dealkylation sites (N-methyl/N-ethyl adjacent to an activating group) is 2. The first-order valence-electron chi connectivity index (χ1n) is 5.65. The van der Waals surface area contributed by atoms with Gasteiger partial charge >= 0.3 is 6.03 Å². The molecule has 1 aliphatic rings.